The molecule has 0 unspecified atom stereocenters. The van der Waals surface area contributed by atoms with E-state index in [0.29, 0.717) is 18.5 Å². The van der Waals surface area contributed by atoms with Crippen LogP contribution in [0.5, 0.6) is 11.5 Å². The zero-order valence-electron chi connectivity index (χ0n) is 10.8. The lowest BCUT2D eigenvalue weighted by Gasteiger charge is -2.05. The maximum Gasteiger partial charge on any atom is 0.231 e. The van der Waals surface area contributed by atoms with Crippen LogP contribution in [-0.4, -0.2) is 17.7 Å². The Labute approximate surface area is 116 Å². The lowest BCUT2D eigenvalue weighted by atomic mass is 10.1. The van der Waals surface area contributed by atoms with Gasteiger partial charge in [0.15, 0.2) is 11.5 Å². The summed E-state index contributed by atoms with van der Waals surface area (Å²) in [6, 6.07) is 9.33. The van der Waals surface area contributed by atoms with Gasteiger partial charge < -0.3 is 14.8 Å². The van der Waals surface area contributed by atoms with Crippen molar-refractivity contribution >= 4 is 11.6 Å². The molecule has 0 saturated heterocycles. The molecule has 20 heavy (non-hydrogen) atoms. The van der Waals surface area contributed by atoms with Gasteiger partial charge in [-0.2, -0.15) is 0 Å². The summed E-state index contributed by atoms with van der Waals surface area (Å²) in [5, 5.41) is 2.81. The van der Waals surface area contributed by atoms with E-state index in [-0.39, 0.29) is 12.7 Å². The Morgan fingerprint density at radius 3 is 3.00 bits per heavy atom. The molecule has 0 spiro atoms. The highest BCUT2D eigenvalue weighted by molar-refractivity contribution is 5.90. The molecule has 5 heteroatoms. The van der Waals surface area contributed by atoms with Gasteiger partial charge in [-0.3, -0.25) is 9.78 Å². The number of hydrogen-bond acceptors (Lipinski definition) is 4. The first-order valence-corrected chi connectivity index (χ1v) is 6.40. The summed E-state index contributed by atoms with van der Waals surface area (Å²) in [6.07, 6.45) is 4.36. The van der Waals surface area contributed by atoms with Crippen LogP contribution in [0.25, 0.3) is 0 Å². The summed E-state index contributed by atoms with van der Waals surface area (Å²) < 4.78 is 10.6. The molecule has 0 aliphatic carbocycles. The SMILES string of the molecule is O=C(CCc1ccc2c(c1)OCO2)Nc1cccnc1. The van der Waals surface area contributed by atoms with Crippen molar-refractivity contribution in [3.63, 3.8) is 0 Å². The van der Waals surface area contributed by atoms with Gasteiger partial charge in [0, 0.05) is 12.6 Å². The molecule has 1 aromatic heterocycles. The summed E-state index contributed by atoms with van der Waals surface area (Å²) in [7, 11) is 0. The summed E-state index contributed by atoms with van der Waals surface area (Å²) in [6.45, 7) is 0.264. The molecule has 2 aromatic rings. The minimum Gasteiger partial charge on any atom is -0.454 e. The molecule has 0 radical (unpaired) electrons. The molecular formula is C15H14N2O3. The number of carbonyl (C=O) groups is 1. The van der Waals surface area contributed by atoms with Crippen LogP contribution >= 0.6 is 0 Å². The van der Waals surface area contributed by atoms with Crippen molar-refractivity contribution in [2.75, 3.05) is 12.1 Å². The van der Waals surface area contributed by atoms with E-state index in [2.05, 4.69) is 10.3 Å². The third-order valence-electron chi connectivity index (χ3n) is 3.02. The summed E-state index contributed by atoms with van der Waals surface area (Å²) in [5.41, 5.74) is 1.76. The molecule has 0 fully saturated rings. The second-order valence-electron chi connectivity index (χ2n) is 4.48. The number of rotatable bonds is 4. The normalized spacial score (nSPS) is 12.2. The molecule has 2 heterocycles. The van der Waals surface area contributed by atoms with Gasteiger partial charge in [-0.05, 0) is 36.2 Å². The molecule has 1 aliphatic heterocycles. The molecule has 102 valence electrons. The van der Waals surface area contributed by atoms with E-state index in [1.807, 2.05) is 24.3 Å². The highest BCUT2D eigenvalue weighted by atomic mass is 16.7. The van der Waals surface area contributed by atoms with E-state index in [1.165, 1.54) is 0 Å². The predicted molar refractivity (Wildman–Crippen MR) is 73.8 cm³/mol. The van der Waals surface area contributed by atoms with Gasteiger partial charge in [0.05, 0.1) is 11.9 Å². The van der Waals surface area contributed by atoms with Gasteiger partial charge in [-0.25, -0.2) is 0 Å². The molecule has 0 bridgehead atoms. The Balaban J connectivity index is 1.55. The Hall–Kier alpha value is -2.56. The lowest BCUT2D eigenvalue weighted by Crippen LogP contribution is -2.12. The van der Waals surface area contributed by atoms with Crippen molar-refractivity contribution in [3.05, 3.63) is 48.3 Å². The zero-order chi connectivity index (χ0) is 13.8. The number of nitrogens with zero attached hydrogens (tertiary/aromatic N) is 1. The van der Waals surface area contributed by atoms with Crippen LogP contribution in [0.1, 0.15) is 12.0 Å². The smallest absolute Gasteiger partial charge is 0.231 e. The average molecular weight is 270 g/mol. The predicted octanol–water partition coefficient (Wildman–Crippen LogP) is 2.38. The fraction of sp³-hybridized carbons (Fsp3) is 0.200. The van der Waals surface area contributed by atoms with E-state index in [4.69, 9.17) is 9.47 Å². The van der Waals surface area contributed by atoms with Gasteiger partial charge in [0.1, 0.15) is 0 Å². The largest absolute Gasteiger partial charge is 0.454 e. The first-order chi connectivity index (χ1) is 9.81. The van der Waals surface area contributed by atoms with Crippen LogP contribution in [0.15, 0.2) is 42.7 Å². The van der Waals surface area contributed by atoms with Crippen molar-refractivity contribution in [3.8, 4) is 11.5 Å². The summed E-state index contributed by atoms with van der Waals surface area (Å²) in [4.78, 5) is 15.8. The number of anilines is 1. The van der Waals surface area contributed by atoms with Gasteiger partial charge in [0.25, 0.3) is 0 Å². The quantitative estimate of drug-likeness (QED) is 0.926. The standard InChI is InChI=1S/C15H14N2O3/c18-15(17-12-2-1-7-16-9-12)6-4-11-3-5-13-14(8-11)20-10-19-13/h1-3,5,7-9H,4,6,10H2,(H,17,18). The fourth-order valence-corrected chi connectivity index (χ4v) is 2.01. The van der Waals surface area contributed by atoms with E-state index in [1.54, 1.807) is 18.5 Å². The number of benzene rings is 1. The average Bonchev–Trinajstić information content (AvgIpc) is 2.93. The molecule has 5 nitrogen and oxygen atoms in total. The second kappa shape index (κ2) is 5.61. The van der Waals surface area contributed by atoms with Gasteiger partial charge in [-0.15, -0.1) is 0 Å². The highest BCUT2D eigenvalue weighted by Crippen LogP contribution is 2.32. The van der Waals surface area contributed by atoms with Crippen LogP contribution in [0.2, 0.25) is 0 Å². The second-order valence-corrected chi connectivity index (χ2v) is 4.48. The van der Waals surface area contributed by atoms with Crippen LogP contribution in [0, 0.1) is 0 Å². The molecular weight excluding hydrogens is 256 g/mol. The minimum absolute atomic E-state index is 0.0318. The molecule has 1 aromatic carbocycles. The van der Waals surface area contributed by atoms with Gasteiger partial charge in [-0.1, -0.05) is 6.07 Å². The van der Waals surface area contributed by atoms with Crippen molar-refractivity contribution < 1.29 is 14.3 Å². The van der Waals surface area contributed by atoms with Crippen molar-refractivity contribution in [2.24, 2.45) is 0 Å². The van der Waals surface area contributed by atoms with Crippen LogP contribution in [0.3, 0.4) is 0 Å². The molecule has 1 aliphatic rings. The first kappa shape index (κ1) is 12.5. The van der Waals surface area contributed by atoms with Gasteiger partial charge in [0.2, 0.25) is 12.7 Å². The summed E-state index contributed by atoms with van der Waals surface area (Å²) in [5.74, 6) is 1.47. The van der Waals surface area contributed by atoms with Crippen molar-refractivity contribution in [1.82, 2.24) is 4.98 Å². The van der Waals surface area contributed by atoms with E-state index < -0.39 is 0 Å². The number of fused-ring (bicyclic) bond motifs is 1. The van der Waals surface area contributed by atoms with Crippen molar-refractivity contribution in [1.29, 1.82) is 0 Å². The Kier molecular flexibility index (Phi) is 3.50. The Bertz CT molecular complexity index is 614. The number of carbonyl (C=O) groups excluding carboxylic acids is 1. The maximum absolute atomic E-state index is 11.8. The first-order valence-electron chi connectivity index (χ1n) is 6.40. The van der Waals surface area contributed by atoms with E-state index in [0.717, 1.165) is 17.1 Å². The van der Waals surface area contributed by atoms with E-state index >= 15 is 0 Å². The highest BCUT2D eigenvalue weighted by Gasteiger charge is 2.13. The van der Waals surface area contributed by atoms with Crippen molar-refractivity contribution in [2.45, 2.75) is 12.8 Å². The van der Waals surface area contributed by atoms with Gasteiger partial charge >= 0.3 is 0 Å². The number of aryl methyl sites for hydroxylation is 1. The number of nitrogens with one attached hydrogen (secondary N) is 1. The molecule has 1 N–H and O–H groups in total. The topological polar surface area (TPSA) is 60.5 Å². The molecule has 0 atom stereocenters. The third-order valence-corrected chi connectivity index (χ3v) is 3.02. The maximum atomic E-state index is 11.8. The monoisotopic (exact) mass is 270 g/mol. The number of amides is 1. The lowest BCUT2D eigenvalue weighted by molar-refractivity contribution is -0.116. The number of hydrogen-bond donors (Lipinski definition) is 1. The van der Waals surface area contributed by atoms with Crippen LogP contribution < -0.4 is 14.8 Å². The molecule has 0 saturated carbocycles. The number of aromatic nitrogens is 1. The third kappa shape index (κ3) is 2.88. The molecule has 3 rings (SSSR count). The van der Waals surface area contributed by atoms with Crippen LogP contribution in [0.4, 0.5) is 5.69 Å². The van der Waals surface area contributed by atoms with Crippen LogP contribution in [-0.2, 0) is 11.2 Å². The number of pyridine rings is 1. The Morgan fingerprint density at radius 1 is 1.25 bits per heavy atom. The number of ether oxygens (including phenoxy) is 2. The minimum atomic E-state index is -0.0318. The fourth-order valence-electron chi connectivity index (χ4n) is 2.01. The Morgan fingerprint density at radius 2 is 2.15 bits per heavy atom. The summed E-state index contributed by atoms with van der Waals surface area (Å²) >= 11 is 0. The zero-order valence-corrected chi connectivity index (χ0v) is 10.8. The van der Waals surface area contributed by atoms with E-state index in [9.17, 15) is 4.79 Å². The molecule has 1 amide bonds.